The standard InChI is InChI=1S/C21H17F3N4O2/c1-13-4-3-5-15(10-13)12-28-14(2)25-20(26-28)19-11-18(27-30-19)16-6-8-17(9-7-16)29-21(22,23)24/h3-11H,12H2,1-2H3. The lowest BCUT2D eigenvalue weighted by molar-refractivity contribution is -0.274. The summed E-state index contributed by atoms with van der Waals surface area (Å²) in [6.45, 7) is 4.45. The van der Waals surface area contributed by atoms with E-state index in [1.54, 1.807) is 10.7 Å². The molecule has 2 aromatic heterocycles. The fourth-order valence-corrected chi connectivity index (χ4v) is 3.00. The smallest absolute Gasteiger partial charge is 0.406 e. The second-order valence-corrected chi connectivity index (χ2v) is 6.78. The van der Waals surface area contributed by atoms with Gasteiger partial charge in [0.05, 0.1) is 6.54 Å². The summed E-state index contributed by atoms with van der Waals surface area (Å²) in [4.78, 5) is 4.43. The normalized spacial score (nSPS) is 11.6. The molecule has 0 amide bonds. The van der Waals surface area contributed by atoms with Gasteiger partial charge in [-0.3, -0.25) is 0 Å². The first kappa shape index (κ1) is 19.7. The molecule has 0 radical (unpaired) electrons. The number of hydrogen-bond donors (Lipinski definition) is 0. The maximum atomic E-state index is 12.3. The number of halogens is 3. The Morgan fingerprint density at radius 1 is 1.03 bits per heavy atom. The molecule has 0 N–H and O–H groups in total. The van der Waals surface area contributed by atoms with Crippen LogP contribution in [0.2, 0.25) is 0 Å². The predicted molar refractivity (Wildman–Crippen MR) is 103 cm³/mol. The highest BCUT2D eigenvalue weighted by molar-refractivity contribution is 5.64. The van der Waals surface area contributed by atoms with Crippen molar-refractivity contribution in [3.05, 3.63) is 71.5 Å². The second-order valence-electron chi connectivity index (χ2n) is 6.78. The number of ether oxygens (including phenoxy) is 1. The molecule has 0 saturated heterocycles. The summed E-state index contributed by atoms with van der Waals surface area (Å²) in [5.41, 5.74) is 3.30. The summed E-state index contributed by atoms with van der Waals surface area (Å²) < 4.78 is 47.8. The molecule has 0 aliphatic carbocycles. The number of aryl methyl sites for hydroxylation is 2. The summed E-state index contributed by atoms with van der Waals surface area (Å²) in [5, 5.41) is 8.47. The average Bonchev–Trinajstić information content (AvgIpc) is 3.29. The van der Waals surface area contributed by atoms with E-state index >= 15 is 0 Å². The first-order valence-electron chi connectivity index (χ1n) is 9.07. The van der Waals surface area contributed by atoms with Gasteiger partial charge < -0.3 is 9.26 Å². The quantitative estimate of drug-likeness (QED) is 0.451. The van der Waals surface area contributed by atoms with Gasteiger partial charge in [0, 0.05) is 11.6 Å². The SMILES string of the molecule is Cc1cccc(Cn2nc(-c3cc(-c4ccc(OC(F)(F)F)cc4)no3)nc2C)c1. The van der Waals surface area contributed by atoms with Crippen LogP contribution in [0.3, 0.4) is 0 Å². The van der Waals surface area contributed by atoms with E-state index in [1.807, 2.05) is 32.0 Å². The van der Waals surface area contributed by atoms with Crippen molar-refractivity contribution in [3.8, 4) is 28.6 Å². The Labute approximate surface area is 169 Å². The second kappa shape index (κ2) is 7.66. The summed E-state index contributed by atoms with van der Waals surface area (Å²) in [6, 6.07) is 15.1. The Hall–Kier alpha value is -3.62. The molecule has 30 heavy (non-hydrogen) atoms. The van der Waals surface area contributed by atoms with E-state index in [0.717, 1.165) is 17.0 Å². The number of aromatic nitrogens is 4. The van der Waals surface area contributed by atoms with Crippen molar-refractivity contribution < 1.29 is 22.4 Å². The van der Waals surface area contributed by atoms with Crippen LogP contribution in [0.5, 0.6) is 5.75 Å². The summed E-state index contributed by atoms with van der Waals surface area (Å²) in [6.07, 6.45) is -4.73. The van der Waals surface area contributed by atoms with E-state index < -0.39 is 6.36 Å². The minimum absolute atomic E-state index is 0.304. The Kier molecular flexibility index (Phi) is 5.03. The maximum absolute atomic E-state index is 12.3. The monoisotopic (exact) mass is 414 g/mol. The van der Waals surface area contributed by atoms with Crippen molar-refractivity contribution in [2.24, 2.45) is 0 Å². The van der Waals surface area contributed by atoms with Gasteiger partial charge in [-0.2, -0.15) is 0 Å². The average molecular weight is 414 g/mol. The van der Waals surface area contributed by atoms with Crippen LogP contribution in [0, 0.1) is 13.8 Å². The zero-order valence-corrected chi connectivity index (χ0v) is 16.1. The molecule has 0 unspecified atom stereocenters. The molecule has 0 atom stereocenters. The van der Waals surface area contributed by atoms with Crippen LogP contribution in [-0.4, -0.2) is 26.3 Å². The Balaban J connectivity index is 1.53. The van der Waals surface area contributed by atoms with Crippen LogP contribution in [0.4, 0.5) is 13.2 Å². The molecule has 9 heteroatoms. The van der Waals surface area contributed by atoms with Crippen LogP contribution in [0.1, 0.15) is 17.0 Å². The predicted octanol–water partition coefficient (Wildman–Crippen LogP) is 5.16. The van der Waals surface area contributed by atoms with Crippen molar-refractivity contribution >= 4 is 0 Å². The Morgan fingerprint density at radius 3 is 2.50 bits per heavy atom. The zero-order valence-electron chi connectivity index (χ0n) is 16.1. The van der Waals surface area contributed by atoms with Gasteiger partial charge >= 0.3 is 6.36 Å². The molecular formula is C21H17F3N4O2. The topological polar surface area (TPSA) is 66.0 Å². The van der Waals surface area contributed by atoms with Crippen LogP contribution in [-0.2, 0) is 6.54 Å². The van der Waals surface area contributed by atoms with Crippen molar-refractivity contribution in [1.29, 1.82) is 0 Å². The van der Waals surface area contributed by atoms with Crippen LogP contribution in [0.15, 0.2) is 59.1 Å². The molecule has 0 fully saturated rings. The molecule has 0 bridgehead atoms. The van der Waals surface area contributed by atoms with Crippen LogP contribution in [0.25, 0.3) is 22.8 Å². The number of hydrogen-bond acceptors (Lipinski definition) is 5. The Bertz CT molecular complexity index is 1160. The van der Waals surface area contributed by atoms with E-state index in [-0.39, 0.29) is 5.75 Å². The highest BCUT2D eigenvalue weighted by atomic mass is 19.4. The fraction of sp³-hybridized carbons (Fsp3) is 0.190. The minimum Gasteiger partial charge on any atom is -0.406 e. The van der Waals surface area contributed by atoms with E-state index in [2.05, 4.69) is 26.0 Å². The van der Waals surface area contributed by atoms with Crippen molar-refractivity contribution in [2.45, 2.75) is 26.8 Å². The third-order valence-corrected chi connectivity index (χ3v) is 4.39. The molecule has 6 nitrogen and oxygen atoms in total. The fourth-order valence-electron chi connectivity index (χ4n) is 3.00. The van der Waals surface area contributed by atoms with E-state index in [9.17, 15) is 13.2 Å². The largest absolute Gasteiger partial charge is 0.573 e. The molecule has 0 saturated carbocycles. The van der Waals surface area contributed by atoms with Crippen LogP contribution >= 0.6 is 0 Å². The van der Waals surface area contributed by atoms with Gasteiger partial charge in [0.25, 0.3) is 0 Å². The van der Waals surface area contributed by atoms with Gasteiger partial charge in [-0.1, -0.05) is 35.0 Å². The third-order valence-electron chi connectivity index (χ3n) is 4.39. The highest BCUT2D eigenvalue weighted by Gasteiger charge is 2.31. The van der Waals surface area contributed by atoms with E-state index in [0.29, 0.717) is 29.4 Å². The summed E-state index contributed by atoms with van der Waals surface area (Å²) in [7, 11) is 0. The molecule has 0 spiro atoms. The molecule has 0 aliphatic rings. The summed E-state index contributed by atoms with van der Waals surface area (Å²) in [5.74, 6) is 1.17. The number of alkyl halides is 3. The molecule has 2 aromatic carbocycles. The Morgan fingerprint density at radius 2 is 1.80 bits per heavy atom. The third kappa shape index (κ3) is 4.51. The number of rotatable bonds is 5. The first-order chi connectivity index (χ1) is 14.3. The number of nitrogens with zero attached hydrogens (tertiary/aromatic N) is 4. The van der Waals surface area contributed by atoms with E-state index in [1.165, 1.54) is 24.3 Å². The highest BCUT2D eigenvalue weighted by Crippen LogP contribution is 2.28. The number of benzene rings is 2. The van der Waals surface area contributed by atoms with Crippen molar-refractivity contribution in [3.63, 3.8) is 0 Å². The molecule has 0 aliphatic heterocycles. The van der Waals surface area contributed by atoms with Crippen molar-refractivity contribution in [2.75, 3.05) is 0 Å². The van der Waals surface area contributed by atoms with Crippen molar-refractivity contribution in [1.82, 2.24) is 19.9 Å². The maximum Gasteiger partial charge on any atom is 0.573 e. The van der Waals surface area contributed by atoms with Gasteiger partial charge in [0.2, 0.25) is 11.6 Å². The first-order valence-corrected chi connectivity index (χ1v) is 9.07. The molecular weight excluding hydrogens is 397 g/mol. The minimum atomic E-state index is -4.73. The van der Waals surface area contributed by atoms with Gasteiger partial charge in [0.15, 0.2) is 0 Å². The molecule has 2 heterocycles. The van der Waals surface area contributed by atoms with Gasteiger partial charge in [-0.05, 0) is 43.7 Å². The zero-order chi connectivity index (χ0) is 21.3. The lowest BCUT2D eigenvalue weighted by atomic mass is 10.1. The van der Waals surface area contributed by atoms with E-state index in [4.69, 9.17) is 4.52 Å². The van der Waals surface area contributed by atoms with Gasteiger partial charge in [-0.25, -0.2) is 9.67 Å². The lowest BCUT2D eigenvalue weighted by Crippen LogP contribution is -2.16. The lowest BCUT2D eigenvalue weighted by Gasteiger charge is -2.08. The van der Waals surface area contributed by atoms with Gasteiger partial charge in [0.1, 0.15) is 17.3 Å². The van der Waals surface area contributed by atoms with Crippen LogP contribution < -0.4 is 4.74 Å². The molecule has 154 valence electrons. The van der Waals surface area contributed by atoms with Gasteiger partial charge in [-0.15, -0.1) is 18.3 Å². The molecule has 4 aromatic rings. The molecule has 4 rings (SSSR count). The summed E-state index contributed by atoms with van der Waals surface area (Å²) >= 11 is 0.